The quantitative estimate of drug-likeness (QED) is 0.843. The van der Waals surface area contributed by atoms with Crippen molar-refractivity contribution in [2.45, 2.75) is 23.8 Å². The number of hydrogen-bond acceptors (Lipinski definition) is 4. The molecule has 0 bridgehead atoms. The van der Waals surface area contributed by atoms with E-state index < -0.39 is 10.0 Å². The number of anilines is 1. The van der Waals surface area contributed by atoms with Crippen molar-refractivity contribution in [3.8, 4) is 0 Å². The second-order valence-electron chi connectivity index (χ2n) is 6.55. The van der Waals surface area contributed by atoms with Crippen LogP contribution in [0.15, 0.2) is 59.5 Å². The van der Waals surface area contributed by atoms with Crippen LogP contribution in [0, 0.1) is 0 Å². The maximum atomic E-state index is 12.3. The van der Waals surface area contributed by atoms with Crippen molar-refractivity contribution in [1.29, 1.82) is 0 Å². The molecule has 0 saturated carbocycles. The fourth-order valence-electron chi connectivity index (χ4n) is 2.93. The third-order valence-electron chi connectivity index (χ3n) is 4.51. The molecule has 2 N–H and O–H groups in total. The topological polar surface area (TPSA) is 78.5 Å². The average molecular weight is 373 g/mol. The molecular formula is C19H23N3O3S. The van der Waals surface area contributed by atoms with Crippen LogP contribution in [0.1, 0.15) is 23.2 Å². The third-order valence-corrected chi connectivity index (χ3v) is 5.90. The van der Waals surface area contributed by atoms with Crippen LogP contribution < -0.4 is 10.0 Å². The summed E-state index contributed by atoms with van der Waals surface area (Å²) in [6.45, 7) is 1.95. The van der Waals surface area contributed by atoms with Gasteiger partial charge in [0.15, 0.2) is 0 Å². The molecule has 1 fully saturated rings. The summed E-state index contributed by atoms with van der Waals surface area (Å²) in [6.07, 6.45) is 1.88. The summed E-state index contributed by atoms with van der Waals surface area (Å²) in [6, 6.07) is 14.8. The van der Waals surface area contributed by atoms with E-state index in [0.29, 0.717) is 11.3 Å². The third kappa shape index (κ3) is 4.62. The summed E-state index contributed by atoms with van der Waals surface area (Å²) in [4.78, 5) is 14.8. The lowest BCUT2D eigenvalue weighted by Gasteiger charge is -2.29. The Balaban J connectivity index is 1.62. The van der Waals surface area contributed by atoms with Crippen LogP contribution in [0.3, 0.4) is 0 Å². The van der Waals surface area contributed by atoms with Gasteiger partial charge in [-0.2, -0.15) is 0 Å². The molecule has 0 radical (unpaired) electrons. The first kappa shape index (κ1) is 18.4. The summed E-state index contributed by atoms with van der Waals surface area (Å²) in [5, 5.41) is 3.05. The summed E-state index contributed by atoms with van der Waals surface area (Å²) in [7, 11) is -1.55. The van der Waals surface area contributed by atoms with Gasteiger partial charge in [0.25, 0.3) is 15.9 Å². The van der Waals surface area contributed by atoms with Gasteiger partial charge < -0.3 is 10.2 Å². The van der Waals surface area contributed by atoms with Crippen LogP contribution in [0.5, 0.6) is 0 Å². The Morgan fingerprint density at radius 3 is 2.23 bits per heavy atom. The maximum absolute atomic E-state index is 12.3. The van der Waals surface area contributed by atoms with Crippen molar-refractivity contribution < 1.29 is 13.2 Å². The molecule has 1 amide bonds. The molecule has 0 aromatic heterocycles. The highest BCUT2D eigenvalue weighted by atomic mass is 32.2. The molecule has 26 heavy (non-hydrogen) atoms. The van der Waals surface area contributed by atoms with Gasteiger partial charge >= 0.3 is 0 Å². The largest absolute Gasteiger partial charge is 0.349 e. The lowest BCUT2D eigenvalue weighted by Crippen LogP contribution is -2.43. The van der Waals surface area contributed by atoms with Gasteiger partial charge in [-0.25, -0.2) is 8.42 Å². The summed E-state index contributed by atoms with van der Waals surface area (Å²) < 4.78 is 27.2. The van der Waals surface area contributed by atoms with Crippen molar-refractivity contribution >= 4 is 21.6 Å². The minimum Gasteiger partial charge on any atom is -0.349 e. The van der Waals surface area contributed by atoms with Gasteiger partial charge in [-0.1, -0.05) is 18.2 Å². The van der Waals surface area contributed by atoms with E-state index in [4.69, 9.17) is 0 Å². The van der Waals surface area contributed by atoms with Crippen LogP contribution in [-0.2, 0) is 10.0 Å². The number of sulfonamides is 1. The lowest BCUT2D eigenvalue weighted by molar-refractivity contribution is 0.0917. The van der Waals surface area contributed by atoms with Gasteiger partial charge in [0.2, 0.25) is 0 Å². The van der Waals surface area contributed by atoms with E-state index in [1.54, 1.807) is 42.5 Å². The number of hydrogen-bond donors (Lipinski definition) is 2. The van der Waals surface area contributed by atoms with E-state index in [9.17, 15) is 13.2 Å². The molecule has 0 aliphatic carbocycles. The van der Waals surface area contributed by atoms with Crippen LogP contribution >= 0.6 is 0 Å². The van der Waals surface area contributed by atoms with Crippen molar-refractivity contribution in [1.82, 2.24) is 10.2 Å². The Morgan fingerprint density at radius 1 is 1.00 bits per heavy atom. The minimum atomic E-state index is -3.63. The maximum Gasteiger partial charge on any atom is 0.261 e. The Bertz CT molecular complexity index is 843. The number of amides is 1. The first-order valence-corrected chi connectivity index (χ1v) is 10.1. The fourth-order valence-corrected chi connectivity index (χ4v) is 4.00. The number of rotatable bonds is 5. The molecule has 1 heterocycles. The predicted molar refractivity (Wildman–Crippen MR) is 102 cm³/mol. The molecular weight excluding hydrogens is 350 g/mol. The molecule has 0 spiro atoms. The summed E-state index contributed by atoms with van der Waals surface area (Å²) >= 11 is 0. The van der Waals surface area contributed by atoms with Gasteiger partial charge in [-0.05, 0) is 69.4 Å². The zero-order valence-electron chi connectivity index (χ0n) is 14.7. The van der Waals surface area contributed by atoms with E-state index in [2.05, 4.69) is 22.0 Å². The van der Waals surface area contributed by atoms with Gasteiger partial charge in [-0.3, -0.25) is 9.52 Å². The van der Waals surface area contributed by atoms with E-state index in [-0.39, 0.29) is 16.8 Å². The molecule has 0 atom stereocenters. The number of benzene rings is 2. The Kier molecular flexibility index (Phi) is 5.58. The molecule has 1 aliphatic rings. The number of carbonyl (C=O) groups excluding carboxylic acids is 1. The standard InChI is InChI=1S/C19H23N3O3S/c1-22-13-11-16(12-14-22)20-19(23)15-7-9-17(10-8-15)21-26(24,25)18-5-3-2-4-6-18/h2-10,16,21H,11-14H2,1H3,(H,20,23). The van der Waals surface area contributed by atoms with Crippen LogP contribution in [0.4, 0.5) is 5.69 Å². The SMILES string of the molecule is CN1CCC(NC(=O)c2ccc(NS(=O)(=O)c3ccccc3)cc2)CC1. The molecule has 0 unspecified atom stereocenters. The monoisotopic (exact) mass is 373 g/mol. The van der Waals surface area contributed by atoms with Crippen molar-refractivity contribution in [2.24, 2.45) is 0 Å². The second kappa shape index (κ2) is 7.88. The zero-order valence-corrected chi connectivity index (χ0v) is 15.5. The normalized spacial score (nSPS) is 16.2. The van der Waals surface area contributed by atoms with E-state index in [1.165, 1.54) is 12.1 Å². The molecule has 138 valence electrons. The van der Waals surface area contributed by atoms with Gasteiger partial charge in [0.1, 0.15) is 0 Å². The highest BCUT2D eigenvalue weighted by molar-refractivity contribution is 7.92. The number of likely N-dealkylation sites (tertiary alicyclic amines) is 1. The zero-order chi connectivity index (χ0) is 18.6. The Hall–Kier alpha value is -2.38. The van der Waals surface area contributed by atoms with Crippen LogP contribution in [-0.4, -0.2) is 45.4 Å². The average Bonchev–Trinajstić information content (AvgIpc) is 2.64. The summed E-state index contributed by atoms with van der Waals surface area (Å²) in [5.41, 5.74) is 0.941. The molecule has 1 aliphatic heterocycles. The van der Waals surface area contributed by atoms with Crippen LogP contribution in [0.2, 0.25) is 0 Å². The molecule has 6 nitrogen and oxygen atoms in total. The second-order valence-corrected chi connectivity index (χ2v) is 8.23. The molecule has 2 aromatic carbocycles. The molecule has 1 saturated heterocycles. The van der Waals surface area contributed by atoms with Crippen LogP contribution in [0.25, 0.3) is 0 Å². The van der Waals surface area contributed by atoms with Gasteiger partial charge in [-0.15, -0.1) is 0 Å². The molecule has 2 aromatic rings. The van der Waals surface area contributed by atoms with Crippen molar-refractivity contribution in [3.63, 3.8) is 0 Å². The van der Waals surface area contributed by atoms with Gasteiger partial charge in [0.05, 0.1) is 4.90 Å². The highest BCUT2D eigenvalue weighted by Gasteiger charge is 2.19. The van der Waals surface area contributed by atoms with Crippen molar-refractivity contribution in [2.75, 3.05) is 24.9 Å². The number of piperidine rings is 1. The Morgan fingerprint density at radius 2 is 1.62 bits per heavy atom. The van der Waals surface area contributed by atoms with E-state index >= 15 is 0 Å². The molecule has 7 heteroatoms. The number of nitrogens with zero attached hydrogens (tertiary/aromatic N) is 1. The molecule has 3 rings (SSSR count). The highest BCUT2D eigenvalue weighted by Crippen LogP contribution is 2.17. The Labute approximate surface area is 154 Å². The fraction of sp³-hybridized carbons (Fsp3) is 0.316. The minimum absolute atomic E-state index is 0.128. The first-order chi connectivity index (χ1) is 12.4. The number of carbonyl (C=O) groups is 1. The van der Waals surface area contributed by atoms with Crippen molar-refractivity contribution in [3.05, 3.63) is 60.2 Å². The van der Waals surface area contributed by atoms with Gasteiger partial charge in [0, 0.05) is 17.3 Å². The lowest BCUT2D eigenvalue weighted by atomic mass is 10.0. The first-order valence-electron chi connectivity index (χ1n) is 8.61. The smallest absolute Gasteiger partial charge is 0.261 e. The number of nitrogens with one attached hydrogen (secondary N) is 2. The summed E-state index contributed by atoms with van der Waals surface area (Å²) in [5.74, 6) is -0.128. The van der Waals surface area contributed by atoms with E-state index in [0.717, 1.165) is 25.9 Å². The predicted octanol–water partition coefficient (Wildman–Crippen LogP) is 2.31. The van der Waals surface area contributed by atoms with E-state index in [1.807, 2.05) is 0 Å².